The van der Waals surface area contributed by atoms with Crippen LogP contribution in [0, 0.1) is 5.41 Å². The van der Waals surface area contributed by atoms with Crippen LogP contribution in [-0.4, -0.2) is 44.0 Å². The van der Waals surface area contributed by atoms with Crippen molar-refractivity contribution in [1.82, 2.24) is 15.5 Å². The van der Waals surface area contributed by atoms with Crippen LogP contribution in [0.1, 0.15) is 76.5 Å². The first-order valence-electron chi connectivity index (χ1n) is 11.1. The standard InChI is InChI=1S/C24H39N3O/c1-23(2,3)12-16-27-17-13-24(14-18-27)11-9-21(26-22(28)10-15-25-4)19-7-5-6-8-20(19)24/h5-8,21,25H,9-18H2,1-4H3,(H,26,28)/t21-/m0/s1. The molecule has 4 nitrogen and oxygen atoms in total. The summed E-state index contributed by atoms with van der Waals surface area (Å²) in [5, 5.41) is 6.35. The predicted molar refractivity (Wildman–Crippen MR) is 117 cm³/mol. The molecule has 1 amide bonds. The summed E-state index contributed by atoms with van der Waals surface area (Å²) in [6.07, 6.45) is 6.54. The zero-order valence-electron chi connectivity index (χ0n) is 18.3. The number of piperidine rings is 1. The fourth-order valence-corrected chi connectivity index (χ4v) is 4.87. The lowest BCUT2D eigenvalue weighted by Gasteiger charge is -2.47. The van der Waals surface area contributed by atoms with E-state index in [-0.39, 0.29) is 11.9 Å². The highest BCUT2D eigenvalue weighted by molar-refractivity contribution is 5.76. The first-order valence-corrected chi connectivity index (χ1v) is 11.1. The third-order valence-corrected chi connectivity index (χ3v) is 6.75. The first-order chi connectivity index (χ1) is 13.3. The molecule has 2 N–H and O–H groups in total. The smallest absolute Gasteiger partial charge is 0.221 e. The van der Waals surface area contributed by atoms with Gasteiger partial charge in [-0.05, 0) is 80.7 Å². The van der Waals surface area contributed by atoms with E-state index in [2.05, 4.69) is 60.6 Å². The topological polar surface area (TPSA) is 44.4 Å². The van der Waals surface area contributed by atoms with Gasteiger partial charge < -0.3 is 15.5 Å². The second kappa shape index (κ2) is 8.96. The molecular formula is C24H39N3O. The van der Waals surface area contributed by atoms with Gasteiger partial charge in [-0.15, -0.1) is 0 Å². The van der Waals surface area contributed by atoms with Crippen molar-refractivity contribution in [3.8, 4) is 0 Å². The van der Waals surface area contributed by atoms with Crippen LogP contribution in [0.3, 0.4) is 0 Å². The van der Waals surface area contributed by atoms with E-state index >= 15 is 0 Å². The van der Waals surface area contributed by atoms with Gasteiger partial charge >= 0.3 is 0 Å². The Kier molecular flexibility index (Phi) is 6.82. The highest BCUT2D eigenvalue weighted by atomic mass is 16.1. The summed E-state index contributed by atoms with van der Waals surface area (Å²) >= 11 is 0. The van der Waals surface area contributed by atoms with Gasteiger partial charge in [0, 0.05) is 13.0 Å². The number of hydrogen-bond donors (Lipinski definition) is 2. The average molecular weight is 386 g/mol. The van der Waals surface area contributed by atoms with Gasteiger partial charge in [0.15, 0.2) is 0 Å². The van der Waals surface area contributed by atoms with E-state index < -0.39 is 0 Å². The van der Waals surface area contributed by atoms with Crippen molar-refractivity contribution in [2.75, 3.05) is 33.2 Å². The Morgan fingerprint density at radius 1 is 1.18 bits per heavy atom. The summed E-state index contributed by atoms with van der Waals surface area (Å²) in [6, 6.07) is 9.04. The van der Waals surface area contributed by atoms with Gasteiger partial charge in [-0.2, -0.15) is 0 Å². The molecule has 156 valence electrons. The van der Waals surface area contributed by atoms with Crippen molar-refractivity contribution >= 4 is 5.91 Å². The molecule has 1 saturated heterocycles. The van der Waals surface area contributed by atoms with Gasteiger partial charge in [0.25, 0.3) is 0 Å². The molecule has 1 heterocycles. The van der Waals surface area contributed by atoms with Crippen LogP contribution >= 0.6 is 0 Å². The molecule has 1 spiro atoms. The predicted octanol–water partition coefficient (Wildman–Crippen LogP) is 4.02. The lowest BCUT2D eigenvalue weighted by molar-refractivity contribution is -0.121. The number of rotatable bonds is 6. The van der Waals surface area contributed by atoms with E-state index in [1.54, 1.807) is 0 Å². The highest BCUT2D eigenvalue weighted by Crippen LogP contribution is 2.48. The molecule has 1 aliphatic carbocycles. The minimum absolute atomic E-state index is 0.155. The van der Waals surface area contributed by atoms with Crippen LogP contribution in [-0.2, 0) is 10.2 Å². The van der Waals surface area contributed by atoms with Crippen LogP contribution in [0.2, 0.25) is 0 Å². The van der Waals surface area contributed by atoms with Crippen LogP contribution < -0.4 is 10.6 Å². The molecule has 1 aliphatic heterocycles. The molecule has 3 rings (SSSR count). The maximum absolute atomic E-state index is 12.3. The lowest BCUT2D eigenvalue weighted by Crippen LogP contribution is -2.46. The van der Waals surface area contributed by atoms with Crippen molar-refractivity contribution in [1.29, 1.82) is 0 Å². The van der Waals surface area contributed by atoms with Crippen molar-refractivity contribution in [2.24, 2.45) is 5.41 Å². The largest absolute Gasteiger partial charge is 0.349 e. The van der Waals surface area contributed by atoms with Gasteiger partial charge in [-0.1, -0.05) is 45.0 Å². The first kappa shape index (κ1) is 21.3. The fraction of sp³-hybridized carbons (Fsp3) is 0.708. The van der Waals surface area contributed by atoms with Crippen molar-refractivity contribution < 1.29 is 4.79 Å². The number of carbonyl (C=O) groups is 1. The lowest BCUT2D eigenvalue weighted by atomic mass is 9.63. The Balaban J connectivity index is 1.67. The average Bonchev–Trinajstić information content (AvgIpc) is 2.68. The van der Waals surface area contributed by atoms with Gasteiger partial charge in [0.2, 0.25) is 5.91 Å². The van der Waals surface area contributed by atoms with E-state index in [0.29, 0.717) is 17.3 Å². The molecule has 0 radical (unpaired) electrons. The van der Waals surface area contributed by atoms with Crippen molar-refractivity contribution in [3.05, 3.63) is 35.4 Å². The Morgan fingerprint density at radius 2 is 1.89 bits per heavy atom. The molecule has 0 bridgehead atoms. The number of likely N-dealkylation sites (tertiary alicyclic amines) is 1. The molecule has 0 aromatic heterocycles. The van der Waals surface area contributed by atoms with E-state index in [4.69, 9.17) is 0 Å². The normalized spacial score (nSPS) is 22.1. The number of carbonyl (C=O) groups excluding carboxylic acids is 1. The van der Waals surface area contributed by atoms with Crippen LogP contribution in [0.15, 0.2) is 24.3 Å². The number of benzene rings is 1. The minimum Gasteiger partial charge on any atom is -0.349 e. The summed E-state index contributed by atoms with van der Waals surface area (Å²) in [5.74, 6) is 0.155. The fourth-order valence-electron chi connectivity index (χ4n) is 4.87. The number of hydrogen-bond acceptors (Lipinski definition) is 3. The van der Waals surface area contributed by atoms with Gasteiger partial charge in [0.05, 0.1) is 6.04 Å². The Hall–Kier alpha value is -1.39. The zero-order valence-corrected chi connectivity index (χ0v) is 18.3. The summed E-state index contributed by atoms with van der Waals surface area (Å²) in [7, 11) is 1.89. The molecule has 4 heteroatoms. The minimum atomic E-state index is 0.155. The second-order valence-corrected chi connectivity index (χ2v) is 10.0. The number of fused-ring (bicyclic) bond motifs is 2. The van der Waals surface area contributed by atoms with Gasteiger partial charge in [-0.3, -0.25) is 4.79 Å². The molecule has 28 heavy (non-hydrogen) atoms. The Morgan fingerprint density at radius 3 is 2.57 bits per heavy atom. The summed E-state index contributed by atoms with van der Waals surface area (Å²) in [5.41, 5.74) is 3.57. The molecule has 1 atom stereocenters. The molecule has 1 aromatic carbocycles. The number of nitrogens with zero attached hydrogens (tertiary/aromatic N) is 1. The van der Waals surface area contributed by atoms with Crippen molar-refractivity contribution in [3.63, 3.8) is 0 Å². The maximum atomic E-state index is 12.3. The molecule has 2 aliphatic rings. The van der Waals surface area contributed by atoms with Crippen LogP contribution in [0.25, 0.3) is 0 Å². The van der Waals surface area contributed by atoms with E-state index in [0.717, 1.165) is 13.0 Å². The third-order valence-electron chi connectivity index (χ3n) is 6.75. The van der Waals surface area contributed by atoms with Gasteiger partial charge in [-0.25, -0.2) is 0 Å². The quantitative estimate of drug-likeness (QED) is 0.777. The monoisotopic (exact) mass is 385 g/mol. The molecule has 0 saturated carbocycles. The summed E-state index contributed by atoms with van der Waals surface area (Å²) in [6.45, 7) is 11.3. The molecule has 0 unspecified atom stereocenters. The molecular weight excluding hydrogens is 346 g/mol. The SMILES string of the molecule is CNCCC(=O)N[C@H]1CCC2(CCN(CCC(C)(C)C)CC2)c2ccccc21. The Bertz CT molecular complexity index is 656. The van der Waals surface area contributed by atoms with Crippen molar-refractivity contribution in [2.45, 2.75) is 70.8 Å². The third kappa shape index (κ3) is 5.15. The van der Waals surface area contributed by atoms with E-state index in [1.165, 1.54) is 56.4 Å². The zero-order chi connectivity index (χ0) is 20.2. The van der Waals surface area contributed by atoms with Crippen LogP contribution in [0.5, 0.6) is 0 Å². The summed E-state index contributed by atoms with van der Waals surface area (Å²) < 4.78 is 0. The number of amides is 1. The van der Waals surface area contributed by atoms with Gasteiger partial charge in [0.1, 0.15) is 0 Å². The Labute approximate surface area is 171 Å². The second-order valence-electron chi connectivity index (χ2n) is 10.0. The van der Waals surface area contributed by atoms with E-state index in [1.807, 2.05) is 7.05 Å². The maximum Gasteiger partial charge on any atom is 0.221 e. The molecule has 1 fully saturated rings. The molecule has 1 aromatic rings. The summed E-state index contributed by atoms with van der Waals surface area (Å²) in [4.78, 5) is 14.9. The van der Waals surface area contributed by atoms with E-state index in [9.17, 15) is 4.79 Å². The number of nitrogens with one attached hydrogen (secondary N) is 2. The highest BCUT2D eigenvalue weighted by Gasteiger charge is 2.42. The van der Waals surface area contributed by atoms with Crippen LogP contribution in [0.4, 0.5) is 0 Å².